The Morgan fingerprint density at radius 2 is 1.50 bits per heavy atom. The Morgan fingerprint density at radius 3 is 2.00 bits per heavy atom. The fraction of sp³-hybridized carbons (Fsp3) is 0.250. The van der Waals surface area contributed by atoms with Gasteiger partial charge in [-0.15, -0.1) is 0 Å². The topological polar surface area (TPSA) is 47.6 Å². The van der Waals surface area contributed by atoms with Crippen LogP contribution >= 0.6 is 0 Å². The summed E-state index contributed by atoms with van der Waals surface area (Å²) >= 11 is 0. The maximum atomic E-state index is 12.4. The molecule has 1 N–H and O–H groups in total. The van der Waals surface area contributed by atoms with Crippen molar-refractivity contribution in [2.75, 3.05) is 13.2 Å². The fourth-order valence-electron chi connectivity index (χ4n) is 2.69. The summed E-state index contributed by atoms with van der Waals surface area (Å²) in [5.74, 6) is -1.00. The van der Waals surface area contributed by atoms with Crippen LogP contribution < -0.4 is 5.32 Å². The van der Waals surface area contributed by atoms with Gasteiger partial charge in [-0.2, -0.15) is 0 Å². The summed E-state index contributed by atoms with van der Waals surface area (Å²) in [6.07, 6.45) is 3.13. The molecule has 2 aromatic rings. The van der Waals surface area contributed by atoms with Crippen LogP contribution in [0.5, 0.6) is 0 Å². The average molecular weight is 323 g/mol. The molecule has 1 saturated heterocycles. The summed E-state index contributed by atoms with van der Waals surface area (Å²) in [6, 6.07) is 19.6. The number of amides is 1. The van der Waals surface area contributed by atoms with E-state index in [1.54, 1.807) is 13.0 Å². The van der Waals surface area contributed by atoms with E-state index >= 15 is 0 Å². The van der Waals surface area contributed by atoms with Crippen molar-refractivity contribution < 1.29 is 14.3 Å². The number of hydrogen-bond acceptors (Lipinski definition) is 3. The molecule has 124 valence electrons. The second kappa shape index (κ2) is 7.43. The molecule has 1 aliphatic heterocycles. The van der Waals surface area contributed by atoms with E-state index in [1.807, 2.05) is 60.7 Å². The summed E-state index contributed by atoms with van der Waals surface area (Å²) in [5.41, 5.74) is 2.06. The molecule has 1 fully saturated rings. The highest BCUT2D eigenvalue weighted by molar-refractivity contribution is 5.88. The van der Waals surface area contributed by atoms with Crippen LogP contribution in [0.1, 0.15) is 24.1 Å². The van der Waals surface area contributed by atoms with Crippen molar-refractivity contribution in [3.63, 3.8) is 0 Å². The second-order valence-electron chi connectivity index (χ2n) is 5.81. The zero-order valence-corrected chi connectivity index (χ0v) is 13.6. The van der Waals surface area contributed by atoms with Gasteiger partial charge in [0.25, 0.3) is 0 Å². The standard InChI is InChI=1S/C20H21NO3/c1-20(23-14-15-24-20)13-12-18(22)21-19(16-8-4-2-5-9-16)17-10-6-3-7-11-17/h2-13,19H,14-15H2,1H3,(H,21,22). The van der Waals surface area contributed by atoms with Crippen LogP contribution in [-0.2, 0) is 14.3 Å². The van der Waals surface area contributed by atoms with Gasteiger partial charge < -0.3 is 14.8 Å². The number of rotatable bonds is 5. The molecule has 0 atom stereocenters. The third-order valence-electron chi connectivity index (χ3n) is 3.95. The van der Waals surface area contributed by atoms with Crippen molar-refractivity contribution in [3.05, 3.63) is 83.9 Å². The van der Waals surface area contributed by atoms with Gasteiger partial charge in [-0.3, -0.25) is 4.79 Å². The highest BCUT2D eigenvalue weighted by atomic mass is 16.7. The number of carbonyl (C=O) groups excluding carboxylic acids is 1. The average Bonchev–Trinajstić information content (AvgIpc) is 3.06. The van der Waals surface area contributed by atoms with Gasteiger partial charge in [-0.1, -0.05) is 60.7 Å². The highest BCUT2D eigenvalue weighted by Gasteiger charge is 2.28. The number of hydrogen-bond donors (Lipinski definition) is 1. The molecule has 1 aliphatic rings. The molecule has 4 nitrogen and oxygen atoms in total. The van der Waals surface area contributed by atoms with E-state index in [4.69, 9.17) is 9.47 Å². The predicted octanol–water partition coefficient (Wildman–Crippen LogP) is 3.21. The molecule has 0 aliphatic carbocycles. The number of carbonyl (C=O) groups is 1. The maximum Gasteiger partial charge on any atom is 0.244 e. The van der Waals surface area contributed by atoms with Crippen molar-refractivity contribution in [3.8, 4) is 0 Å². The minimum absolute atomic E-state index is 0.187. The fourth-order valence-corrected chi connectivity index (χ4v) is 2.69. The van der Waals surface area contributed by atoms with Crippen LogP contribution in [0.25, 0.3) is 0 Å². The first kappa shape index (κ1) is 16.4. The molecular weight excluding hydrogens is 302 g/mol. The van der Waals surface area contributed by atoms with Gasteiger partial charge in [-0.05, 0) is 24.1 Å². The molecule has 0 spiro atoms. The van der Waals surface area contributed by atoms with E-state index in [0.717, 1.165) is 11.1 Å². The van der Waals surface area contributed by atoms with Crippen molar-refractivity contribution in [1.29, 1.82) is 0 Å². The molecule has 0 radical (unpaired) electrons. The van der Waals surface area contributed by atoms with Crippen LogP contribution in [-0.4, -0.2) is 24.9 Å². The summed E-state index contributed by atoms with van der Waals surface area (Å²) in [5, 5.41) is 3.05. The van der Waals surface area contributed by atoms with Crippen molar-refractivity contribution in [2.24, 2.45) is 0 Å². The summed E-state index contributed by atoms with van der Waals surface area (Å²) in [6.45, 7) is 2.88. The Morgan fingerprint density at radius 1 is 1.00 bits per heavy atom. The SMILES string of the molecule is CC1(C=CC(=O)NC(c2ccccc2)c2ccccc2)OCCO1. The lowest BCUT2D eigenvalue weighted by molar-refractivity contribution is -0.118. The van der Waals surface area contributed by atoms with Gasteiger partial charge in [0.2, 0.25) is 5.91 Å². The third kappa shape index (κ3) is 4.10. The molecule has 1 heterocycles. The molecule has 4 heteroatoms. The predicted molar refractivity (Wildman–Crippen MR) is 92.3 cm³/mol. The van der Waals surface area contributed by atoms with Crippen molar-refractivity contribution in [1.82, 2.24) is 5.32 Å². The van der Waals surface area contributed by atoms with Gasteiger partial charge in [0.1, 0.15) is 0 Å². The minimum Gasteiger partial charge on any atom is -0.344 e. The summed E-state index contributed by atoms with van der Waals surface area (Å²) < 4.78 is 11.0. The Bertz CT molecular complexity index is 652. The second-order valence-corrected chi connectivity index (χ2v) is 5.81. The minimum atomic E-state index is -0.813. The number of benzene rings is 2. The smallest absolute Gasteiger partial charge is 0.244 e. The highest BCUT2D eigenvalue weighted by Crippen LogP contribution is 2.22. The van der Waals surface area contributed by atoms with Gasteiger partial charge >= 0.3 is 0 Å². The molecule has 0 bridgehead atoms. The van der Waals surface area contributed by atoms with E-state index in [2.05, 4.69) is 5.32 Å². The lowest BCUT2D eigenvalue weighted by Crippen LogP contribution is -2.29. The van der Waals surface area contributed by atoms with E-state index in [1.165, 1.54) is 6.08 Å². The molecule has 3 rings (SSSR count). The van der Waals surface area contributed by atoms with E-state index in [-0.39, 0.29) is 11.9 Å². The van der Waals surface area contributed by atoms with Gasteiger partial charge in [0.15, 0.2) is 5.79 Å². The van der Waals surface area contributed by atoms with Crippen molar-refractivity contribution >= 4 is 5.91 Å². The summed E-state index contributed by atoms with van der Waals surface area (Å²) in [4.78, 5) is 12.4. The van der Waals surface area contributed by atoms with Crippen LogP contribution in [0.2, 0.25) is 0 Å². The van der Waals surface area contributed by atoms with Crippen LogP contribution in [0.4, 0.5) is 0 Å². The monoisotopic (exact) mass is 323 g/mol. The molecule has 2 aromatic carbocycles. The lowest BCUT2D eigenvalue weighted by Gasteiger charge is -2.20. The molecule has 0 unspecified atom stereocenters. The summed E-state index contributed by atoms with van der Waals surface area (Å²) in [7, 11) is 0. The first-order valence-electron chi connectivity index (χ1n) is 8.04. The van der Waals surface area contributed by atoms with E-state index in [0.29, 0.717) is 13.2 Å². The largest absolute Gasteiger partial charge is 0.344 e. The van der Waals surface area contributed by atoms with Crippen molar-refractivity contribution in [2.45, 2.75) is 18.8 Å². The molecule has 1 amide bonds. The molecular formula is C20H21NO3. The quantitative estimate of drug-likeness (QED) is 0.860. The van der Waals surface area contributed by atoms with Crippen LogP contribution in [0.15, 0.2) is 72.8 Å². The van der Waals surface area contributed by atoms with Gasteiger partial charge in [0.05, 0.1) is 19.3 Å². The zero-order chi connectivity index (χ0) is 16.8. The zero-order valence-electron chi connectivity index (χ0n) is 13.6. The van der Waals surface area contributed by atoms with Crippen LogP contribution in [0, 0.1) is 0 Å². The number of ether oxygens (including phenoxy) is 2. The Hall–Kier alpha value is -2.43. The van der Waals surface area contributed by atoms with E-state index in [9.17, 15) is 4.79 Å². The number of nitrogens with one attached hydrogen (secondary N) is 1. The Labute approximate surface area is 142 Å². The third-order valence-corrected chi connectivity index (χ3v) is 3.95. The normalized spacial score (nSPS) is 16.6. The maximum absolute atomic E-state index is 12.4. The Balaban J connectivity index is 1.77. The first-order chi connectivity index (χ1) is 11.7. The first-order valence-corrected chi connectivity index (χ1v) is 8.04. The van der Waals surface area contributed by atoms with Crippen LogP contribution in [0.3, 0.4) is 0 Å². The van der Waals surface area contributed by atoms with Gasteiger partial charge in [0, 0.05) is 6.08 Å². The van der Waals surface area contributed by atoms with Gasteiger partial charge in [-0.25, -0.2) is 0 Å². The molecule has 24 heavy (non-hydrogen) atoms. The molecule has 0 aromatic heterocycles. The molecule has 0 saturated carbocycles. The Kier molecular flexibility index (Phi) is 5.08. The van der Waals surface area contributed by atoms with E-state index < -0.39 is 5.79 Å². The lowest BCUT2D eigenvalue weighted by atomic mass is 9.98.